The third-order valence-corrected chi connectivity index (χ3v) is 2.90. The number of carbonyl (C=O) groups excluding carboxylic acids is 1. The summed E-state index contributed by atoms with van der Waals surface area (Å²) < 4.78 is 10.5. The molecule has 6 nitrogen and oxygen atoms in total. The molecule has 6 heteroatoms. The molecule has 1 fully saturated rings. The topological polar surface area (TPSA) is 78.7 Å². The number of ether oxygens (including phenoxy) is 2. The molecule has 0 N–H and O–H groups in total. The third-order valence-electron chi connectivity index (χ3n) is 2.90. The van der Waals surface area contributed by atoms with Gasteiger partial charge in [-0.3, -0.25) is 14.9 Å². The van der Waals surface area contributed by atoms with Crippen LogP contribution in [0.1, 0.15) is 12.0 Å². The molecule has 1 saturated carbocycles. The van der Waals surface area contributed by atoms with Crippen LogP contribution in [0.2, 0.25) is 0 Å². The molecule has 0 saturated heterocycles. The summed E-state index contributed by atoms with van der Waals surface area (Å²) in [4.78, 5) is 21.6. The van der Waals surface area contributed by atoms with Crippen LogP contribution in [-0.2, 0) is 9.53 Å². The van der Waals surface area contributed by atoms with Gasteiger partial charge in [0, 0.05) is 19.6 Å². The Hall–Kier alpha value is -1.95. The lowest BCUT2D eigenvalue weighted by atomic mass is 9.90. The second kappa shape index (κ2) is 4.73. The van der Waals surface area contributed by atoms with Crippen LogP contribution < -0.4 is 4.74 Å². The molecular formula is C12H13NO5. The number of carbonyl (C=O) groups is 1. The molecule has 0 aromatic heterocycles. The van der Waals surface area contributed by atoms with Crippen LogP contribution >= 0.6 is 0 Å². The molecule has 1 aliphatic rings. The summed E-state index contributed by atoms with van der Waals surface area (Å²) in [6.07, 6.45) is -0.836. The first kappa shape index (κ1) is 12.5. The van der Waals surface area contributed by atoms with Gasteiger partial charge in [0.05, 0.1) is 4.92 Å². The van der Waals surface area contributed by atoms with Crippen LogP contribution in [0.15, 0.2) is 18.2 Å². The van der Waals surface area contributed by atoms with Crippen LogP contribution in [0, 0.1) is 17.0 Å². The molecule has 0 heterocycles. The van der Waals surface area contributed by atoms with E-state index in [2.05, 4.69) is 0 Å². The van der Waals surface area contributed by atoms with Gasteiger partial charge < -0.3 is 9.47 Å². The van der Waals surface area contributed by atoms with E-state index in [0.29, 0.717) is 0 Å². The first-order valence-corrected chi connectivity index (χ1v) is 5.50. The van der Waals surface area contributed by atoms with E-state index < -0.39 is 17.1 Å². The predicted molar refractivity (Wildman–Crippen MR) is 62.7 cm³/mol. The van der Waals surface area contributed by atoms with E-state index in [1.807, 2.05) is 6.92 Å². The SMILES string of the molecule is COC1C(=O)CC1Oc1cc(C)ccc1[N+](=O)[O-]. The van der Waals surface area contributed by atoms with Gasteiger partial charge in [0.25, 0.3) is 0 Å². The number of nitro groups is 1. The fourth-order valence-electron chi connectivity index (χ4n) is 1.88. The summed E-state index contributed by atoms with van der Waals surface area (Å²) in [7, 11) is 1.42. The Labute approximate surface area is 104 Å². The molecule has 0 radical (unpaired) electrons. The Morgan fingerprint density at radius 3 is 2.72 bits per heavy atom. The van der Waals surface area contributed by atoms with Gasteiger partial charge in [-0.05, 0) is 18.6 Å². The number of nitro benzene ring substituents is 1. The minimum atomic E-state index is -0.620. The van der Waals surface area contributed by atoms with Crippen molar-refractivity contribution in [1.29, 1.82) is 0 Å². The molecule has 2 unspecified atom stereocenters. The van der Waals surface area contributed by atoms with Gasteiger partial charge in [0.1, 0.15) is 6.10 Å². The van der Waals surface area contributed by atoms with Gasteiger partial charge >= 0.3 is 5.69 Å². The fourth-order valence-corrected chi connectivity index (χ4v) is 1.88. The van der Waals surface area contributed by atoms with Crippen LogP contribution in [0.25, 0.3) is 0 Å². The van der Waals surface area contributed by atoms with Crippen molar-refractivity contribution in [2.75, 3.05) is 7.11 Å². The summed E-state index contributed by atoms with van der Waals surface area (Å²) in [5.74, 6) is 0.136. The zero-order chi connectivity index (χ0) is 13.3. The van der Waals surface area contributed by atoms with Gasteiger partial charge in [-0.15, -0.1) is 0 Å². The quantitative estimate of drug-likeness (QED) is 0.600. The minimum Gasteiger partial charge on any atom is -0.480 e. The molecule has 2 rings (SSSR count). The molecule has 2 atom stereocenters. The number of Topliss-reactive ketones (excluding diaryl/α,β-unsaturated/α-hetero) is 1. The summed E-state index contributed by atoms with van der Waals surface area (Å²) in [5.41, 5.74) is 0.755. The molecular weight excluding hydrogens is 238 g/mol. The van der Waals surface area contributed by atoms with Crippen molar-refractivity contribution in [3.63, 3.8) is 0 Å². The largest absolute Gasteiger partial charge is 0.480 e. The average molecular weight is 251 g/mol. The Bertz CT molecular complexity index is 499. The molecule has 1 aromatic carbocycles. The lowest BCUT2D eigenvalue weighted by molar-refractivity contribution is -0.386. The highest BCUT2D eigenvalue weighted by Gasteiger charge is 2.42. The van der Waals surface area contributed by atoms with Crippen LogP contribution in [0.4, 0.5) is 5.69 Å². The summed E-state index contributed by atoms with van der Waals surface area (Å²) in [5, 5.41) is 10.9. The highest BCUT2D eigenvalue weighted by atomic mass is 16.6. The highest BCUT2D eigenvalue weighted by molar-refractivity contribution is 5.90. The van der Waals surface area contributed by atoms with E-state index in [-0.39, 0.29) is 23.6 Å². The van der Waals surface area contributed by atoms with E-state index in [0.717, 1.165) is 5.56 Å². The normalized spacial score (nSPS) is 22.4. The molecule has 1 aromatic rings. The molecule has 18 heavy (non-hydrogen) atoms. The van der Waals surface area contributed by atoms with Crippen molar-refractivity contribution in [3.8, 4) is 5.75 Å². The molecule has 0 aliphatic heterocycles. The Balaban J connectivity index is 2.21. The standard InChI is InChI=1S/C12H13NO5/c1-7-3-4-8(13(15)16)10(5-7)18-11-6-9(14)12(11)17-2/h3-5,11-12H,6H2,1-2H3. The second-order valence-electron chi connectivity index (χ2n) is 4.21. The number of rotatable bonds is 4. The van der Waals surface area contributed by atoms with Crippen molar-refractivity contribution in [2.24, 2.45) is 0 Å². The highest BCUT2D eigenvalue weighted by Crippen LogP contribution is 2.32. The third kappa shape index (κ3) is 2.19. The van der Waals surface area contributed by atoms with Crippen molar-refractivity contribution in [2.45, 2.75) is 25.6 Å². The summed E-state index contributed by atoms with van der Waals surface area (Å²) >= 11 is 0. The Kier molecular flexibility index (Phi) is 3.29. The van der Waals surface area contributed by atoms with Gasteiger partial charge in [-0.25, -0.2) is 0 Å². The molecule has 0 amide bonds. The van der Waals surface area contributed by atoms with Gasteiger partial charge in [0.2, 0.25) is 0 Å². The number of hydrogen-bond acceptors (Lipinski definition) is 5. The molecule has 0 bridgehead atoms. The first-order chi connectivity index (χ1) is 8.52. The maximum absolute atomic E-state index is 11.2. The Morgan fingerprint density at radius 1 is 1.44 bits per heavy atom. The number of nitrogens with zero attached hydrogens (tertiary/aromatic N) is 1. The number of ketones is 1. The molecule has 0 spiro atoms. The zero-order valence-electron chi connectivity index (χ0n) is 10.1. The maximum atomic E-state index is 11.2. The number of aryl methyl sites for hydroxylation is 1. The van der Waals surface area contributed by atoms with E-state index in [9.17, 15) is 14.9 Å². The van der Waals surface area contributed by atoms with Gasteiger partial charge in [0.15, 0.2) is 17.6 Å². The van der Waals surface area contributed by atoms with Gasteiger partial charge in [-0.1, -0.05) is 6.07 Å². The van der Waals surface area contributed by atoms with Crippen LogP contribution in [0.3, 0.4) is 0 Å². The molecule has 1 aliphatic carbocycles. The van der Waals surface area contributed by atoms with E-state index >= 15 is 0 Å². The minimum absolute atomic E-state index is 0.0437. The molecule has 96 valence electrons. The van der Waals surface area contributed by atoms with Crippen LogP contribution in [0.5, 0.6) is 5.75 Å². The predicted octanol–water partition coefficient (Wildman–Crippen LogP) is 1.64. The van der Waals surface area contributed by atoms with E-state index in [1.54, 1.807) is 12.1 Å². The van der Waals surface area contributed by atoms with Crippen molar-refractivity contribution in [3.05, 3.63) is 33.9 Å². The number of methoxy groups -OCH3 is 1. The summed E-state index contributed by atoms with van der Waals surface area (Å²) in [6.45, 7) is 1.82. The smallest absolute Gasteiger partial charge is 0.310 e. The van der Waals surface area contributed by atoms with Crippen molar-refractivity contribution >= 4 is 11.5 Å². The average Bonchev–Trinajstić information content (AvgIpc) is 2.28. The van der Waals surface area contributed by atoms with Gasteiger partial charge in [-0.2, -0.15) is 0 Å². The first-order valence-electron chi connectivity index (χ1n) is 5.50. The summed E-state index contributed by atoms with van der Waals surface area (Å²) in [6, 6.07) is 4.63. The second-order valence-corrected chi connectivity index (χ2v) is 4.21. The van der Waals surface area contributed by atoms with Crippen LogP contribution in [-0.4, -0.2) is 30.0 Å². The van der Waals surface area contributed by atoms with E-state index in [4.69, 9.17) is 9.47 Å². The number of hydrogen-bond donors (Lipinski definition) is 0. The fraction of sp³-hybridized carbons (Fsp3) is 0.417. The maximum Gasteiger partial charge on any atom is 0.310 e. The lowest BCUT2D eigenvalue weighted by Gasteiger charge is -2.33. The Morgan fingerprint density at radius 2 is 2.17 bits per heavy atom. The van der Waals surface area contributed by atoms with Crippen molar-refractivity contribution in [1.82, 2.24) is 0 Å². The monoisotopic (exact) mass is 251 g/mol. The zero-order valence-corrected chi connectivity index (χ0v) is 10.1. The van der Waals surface area contributed by atoms with Crippen molar-refractivity contribution < 1.29 is 19.2 Å². The number of benzene rings is 1. The lowest BCUT2D eigenvalue weighted by Crippen LogP contribution is -2.51. The van der Waals surface area contributed by atoms with E-state index in [1.165, 1.54) is 13.2 Å².